The molecule has 40 heavy (non-hydrogen) atoms. The number of hydrazone groups is 1. The van der Waals surface area contributed by atoms with Gasteiger partial charge in [-0.3, -0.25) is 4.79 Å². The van der Waals surface area contributed by atoms with Crippen molar-refractivity contribution in [2.24, 2.45) is 5.10 Å². The molecular formula is C29H28Cl2N6O3. The van der Waals surface area contributed by atoms with E-state index in [1.807, 2.05) is 66.7 Å². The quantitative estimate of drug-likeness (QED) is 0.311. The molecule has 1 aromatic heterocycles. The Bertz CT molecular complexity index is 1570. The van der Waals surface area contributed by atoms with Crippen LogP contribution in [0.5, 0.6) is 0 Å². The van der Waals surface area contributed by atoms with Gasteiger partial charge in [0.1, 0.15) is 6.04 Å². The Morgan fingerprint density at radius 2 is 1.68 bits per heavy atom. The number of hydrogen-bond donors (Lipinski definition) is 2. The van der Waals surface area contributed by atoms with Gasteiger partial charge in [0, 0.05) is 22.5 Å². The predicted octanol–water partition coefficient (Wildman–Crippen LogP) is 4.08. The molecule has 206 valence electrons. The van der Waals surface area contributed by atoms with E-state index in [4.69, 9.17) is 28.3 Å². The van der Waals surface area contributed by atoms with E-state index in [0.717, 1.165) is 22.4 Å². The fourth-order valence-electron chi connectivity index (χ4n) is 4.69. The van der Waals surface area contributed by atoms with E-state index in [0.29, 0.717) is 16.6 Å². The second-order valence-electron chi connectivity index (χ2n) is 9.46. The molecule has 0 bridgehead atoms. The Morgan fingerprint density at radius 3 is 2.33 bits per heavy atom. The minimum Gasteiger partial charge on any atom is -0.395 e. The van der Waals surface area contributed by atoms with Crippen molar-refractivity contribution in [1.82, 2.24) is 19.7 Å². The summed E-state index contributed by atoms with van der Waals surface area (Å²) >= 11 is 12.2. The molecule has 1 aliphatic rings. The van der Waals surface area contributed by atoms with Gasteiger partial charge < -0.3 is 10.4 Å². The number of benzene rings is 3. The molecule has 0 saturated heterocycles. The smallest absolute Gasteiger partial charge is 0.348 e. The number of nitrogens with one attached hydrogen (secondary N) is 1. The number of halogens is 2. The fourth-order valence-corrected chi connectivity index (χ4v) is 4.94. The number of amides is 1. The second kappa shape index (κ2) is 12.1. The van der Waals surface area contributed by atoms with Gasteiger partial charge in [-0.25, -0.2) is 19.1 Å². The zero-order chi connectivity index (χ0) is 28.2. The Labute approximate surface area is 241 Å². The molecule has 4 aromatic rings. The molecule has 0 radical (unpaired) electrons. The molecule has 0 aliphatic carbocycles. The number of nitrogens with zero attached hydrogens (tertiary/aromatic N) is 5. The minimum atomic E-state index is -0.905. The maximum Gasteiger partial charge on any atom is 0.348 e. The van der Waals surface area contributed by atoms with Crippen LogP contribution in [0.3, 0.4) is 0 Å². The van der Waals surface area contributed by atoms with E-state index in [9.17, 15) is 14.7 Å². The summed E-state index contributed by atoms with van der Waals surface area (Å²) in [5.41, 5.74) is 3.12. The third-order valence-electron chi connectivity index (χ3n) is 6.76. The molecular weight excluding hydrogens is 551 g/mol. The van der Waals surface area contributed by atoms with Crippen LogP contribution in [0.1, 0.15) is 35.6 Å². The lowest BCUT2D eigenvalue weighted by Gasteiger charge is -2.19. The van der Waals surface area contributed by atoms with Gasteiger partial charge in [0.25, 0.3) is 0 Å². The van der Waals surface area contributed by atoms with Gasteiger partial charge in [-0.2, -0.15) is 5.10 Å². The number of carbonyl (C=O) groups is 1. The SMILES string of the molecule is C[C@H](C(=O)NCCO)n1c(N2C[C@H](c3ccccc3)C(c3ccc(Cl)cc3)=N2)nn(Cc2ccc(Cl)cc2)c1=O. The highest BCUT2D eigenvalue weighted by Crippen LogP contribution is 2.32. The van der Waals surface area contributed by atoms with Crippen LogP contribution >= 0.6 is 23.2 Å². The van der Waals surface area contributed by atoms with Crippen molar-refractivity contribution in [3.05, 3.63) is 116 Å². The van der Waals surface area contributed by atoms with Gasteiger partial charge in [0.05, 0.1) is 25.4 Å². The summed E-state index contributed by atoms with van der Waals surface area (Å²) in [4.78, 5) is 26.6. The average Bonchev–Trinajstić information content (AvgIpc) is 3.55. The molecule has 0 saturated carbocycles. The highest BCUT2D eigenvalue weighted by atomic mass is 35.5. The van der Waals surface area contributed by atoms with E-state index in [1.165, 1.54) is 9.25 Å². The van der Waals surface area contributed by atoms with E-state index in [-0.39, 0.29) is 31.6 Å². The minimum absolute atomic E-state index is 0.0742. The van der Waals surface area contributed by atoms with Crippen molar-refractivity contribution >= 4 is 40.8 Å². The molecule has 2 N–H and O–H groups in total. The molecule has 9 nitrogen and oxygen atoms in total. The van der Waals surface area contributed by atoms with Gasteiger partial charge in [-0.15, -0.1) is 5.10 Å². The van der Waals surface area contributed by atoms with Crippen LogP contribution in [0.15, 0.2) is 88.8 Å². The first-order chi connectivity index (χ1) is 19.4. The first kappa shape index (κ1) is 27.6. The number of aromatic nitrogens is 3. The summed E-state index contributed by atoms with van der Waals surface area (Å²) in [6, 6.07) is 23.7. The molecule has 11 heteroatoms. The van der Waals surface area contributed by atoms with Crippen molar-refractivity contribution in [2.75, 3.05) is 24.7 Å². The van der Waals surface area contributed by atoms with E-state index in [1.54, 1.807) is 24.1 Å². The van der Waals surface area contributed by atoms with Crippen molar-refractivity contribution in [2.45, 2.75) is 25.4 Å². The summed E-state index contributed by atoms with van der Waals surface area (Å²) in [6.07, 6.45) is 0. The van der Waals surface area contributed by atoms with Gasteiger partial charge in [0.15, 0.2) is 0 Å². The fraction of sp³-hybridized carbons (Fsp3) is 0.241. The summed E-state index contributed by atoms with van der Waals surface area (Å²) in [7, 11) is 0. The molecule has 2 heterocycles. The lowest BCUT2D eigenvalue weighted by molar-refractivity contribution is -0.124. The number of carbonyl (C=O) groups excluding carboxylic acids is 1. The normalized spacial score (nSPS) is 15.7. The lowest BCUT2D eigenvalue weighted by atomic mass is 9.91. The maximum atomic E-state index is 13.7. The van der Waals surface area contributed by atoms with Crippen LogP contribution < -0.4 is 16.0 Å². The number of rotatable bonds is 9. The zero-order valence-electron chi connectivity index (χ0n) is 21.7. The van der Waals surface area contributed by atoms with E-state index >= 15 is 0 Å². The Kier molecular flexibility index (Phi) is 8.35. The highest BCUT2D eigenvalue weighted by molar-refractivity contribution is 6.31. The Hall–Kier alpha value is -3.92. The number of aliphatic hydroxyl groups excluding tert-OH is 1. The van der Waals surface area contributed by atoms with Crippen LogP contribution in [0.4, 0.5) is 5.95 Å². The molecule has 3 aromatic carbocycles. The van der Waals surface area contributed by atoms with Crippen LogP contribution in [0, 0.1) is 0 Å². The maximum absolute atomic E-state index is 13.7. The molecule has 1 aliphatic heterocycles. The molecule has 0 unspecified atom stereocenters. The van der Waals surface area contributed by atoms with Gasteiger partial charge in [0.2, 0.25) is 11.9 Å². The van der Waals surface area contributed by atoms with Crippen molar-refractivity contribution in [3.8, 4) is 0 Å². The Morgan fingerprint density at radius 1 is 1.02 bits per heavy atom. The standard InChI is InChI=1S/C29H28Cl2N6O3/c1-19(27(39)32-15-16-38)37-28(34-36(29(37)40)17-20-7-11-23(30)12-8-20)35-18-25(21-5-3-2-4-6-21)26(33-35)22-9-13-24(31)14-10-22/h2-14,19,25,38H,15-18H2,1H3,(H,32,39)/t19-,25-/m1/s1. The second-order valence-corrected chi connectivity index (χ2v) is 10.3. The first-order valence-electron chi connectivity index (χ1n) is 12.8. The third-order valence-corrected chi connectivity index (χ3v) is 7.27. The monoisotopic (exact) mass is 578 g/mol. The lowest BCUT2D eigenvalue weighted by Crippen LogP contribution is -2.38. The molecule has 5 rings (SSSR count). The largest absolute Gasteiger partial charge is 0.395 e. The number of anilines is 1. The van der Waals surface area contributed by atoms with Gasteiger partial charge in [-0.1, -0.05) is 77.8 Å². The topological polar surface area (TPSA) is 105 Å². The van der Waals surface area contributed by atoms with Crippen molar-refractivity contribution in [1.29, 1.82) is 0 Å². The first-order valence-corrected chi connectivity index (χ1v) is 13.6. The summed E-state index contributed by atoms with van der Waals surface area (Å²) in [6.45, 7) is 2.08. The molecule has 2 atom stereocenters. The molecule has 0 fully saturated rings. The number of aliphatic hydroxyl groups is 1. The van der Waals surface area contributed by atoms with Crippen LogP contribution in [0.2, 0.25) is 10.0 Å². The Balaban J connectivity index is 1.59. The van der Waals surface area contributed by atoms with Crippen LogP contribution in [-0.4, -0.2) is 50.8 Å². The molecule has 0 spiro atoms. The van der Waals surface area contributed by atoms with Crippen LogP contribution in [-0.2, 0) is 11.3 Å². The van der Waals surface area contributed by atoms with Crippen molar-refractivity contribution in [3.63, 3.8) is 0 Å². The predicted molar refractivity (Wildman–Crippen MR) is 156 cm³/mol. The van der Waals surface area contributed by atoms with Crippen molar-refractivity contribution < 1.29 is 9.90 Å². The van der Waals surface area contributed by atoms with Crippen LogP contribution in [0.25, 0.3) is 0 Å². The van der Waals surface area contributed by atoms with Gasteiger partial charge >= 0.3 is 5.69 Å². The zero-order valence-corrected chi connectivity index (χ0v) is 23.3. The summed E-state index contributed by atoms with van der Waals surface area (Å²) in [5, 5.41) is 24.3. The van der Waals surface area contributed by atoms with E-state index in [2.05, 4.69) is 10.4 Å². The van der Waals surface area contributed by atoms with E-state index < -0.39 is 17.6 Å². The molecule has 1 amide bonds. The average molecular weight is 579 g/mol. The third kappa shape index (κ3) is 5.82. The summed E-state index contributed by atoms with van der Waals surface area (Å²) < 4.78 is 2.67. The number of hydrogen-bond acceptors (Lipinski definition) is 6. The van der Waals surface area contributed by atoms with Gasteiger partial charge in [-0.05, 0) is 47.9 Å². The summed E-state index contributed by atoms with van der Waals surface area (Å²) in [5.74, 6) is -0.287. The highest BCUT2D eigenvalue weighted by Gasteiger charge is 2.35.